The Kier molecular flexibility index (Phi) is 3.13. The molecule has 1 aliphatic carbocycles. The van der Waals surface area contributed by atoms with Crippen LogP contribution in [-0.4, -0.2) is 17.0 Å². The molecule has 1 aliphatic rings. The highest BCUT2D eigenvalue weighted by Gasteiger charge is 2.42. The third-order valence-electron chi connectivity index (χ3n) is 3.13. The molecule has 1 aromatic rings. The summed E-state index contributed by atoms with van der Waals surface area (Å²) in [6, 6.07) is 7.11. The van der Waals surface area contributed by atoms with Gasteiger partial charge >= 0.3 is 11.9 Å². The first-order valence-electron chi connectivity index (χ1n) is 5.59. The molecule has 2 atom stereocenters. The van der Waals surface area contributed by atoms with Gasteiger partial charge in [0.25, 0.3) is 0 Å². The second kappa shape index (κ2) is 4.57. The minimum absolute atomic E-state index is 0.437. The average molecular weight is 234 g/mol. The van der Waals surface area contributed by atoms with Crippen molar-refractivity contribution in [2.75, 3.05) is 0 Å². The summed E-state index contributed by atoms with van der Waals surface area (Å²) in [6.45, 7) is 1.94. The van der Waals surface area contributed by atoms with E-state index in [0.717, 1.165) is 5.56 Å². The number of aryl methyl sites for hydroxylation is 1. The Morgan fingerprint density at radius 1 is 1.18 bits per heavy atom. The molecule has 17 heavy (non-hydrogen) atoms. The van der Waals surface area contributed by atoms with Crippen molar-refractivity contribution >= 4 is 11.9 Å². The summed E-state index contributed by atoms with van der Waals surface area (Å²) in [7, 11) is 0. The molecule has 1 aromatic carbocycles. The minimum Gasteiger partial charge on any atom is -0.481 e. The van der Waals surface area contributed by atoms with Crippen molar-refractivity contribution in [2.24, 2.45) is 11.8 Å². The first-order chi connectivity index (χ1) is 8.08. The molecule has 0 amide bonds. The van der Waals surface area contributed by atoms with Crippen LogP contribution in [-0.2, 0) is 9.59 Å². The first kappa shape index (κ1) is 11.6. The molecule has 0 heterocycles. The summed E-state index contributed by atoms with van der Waals surface area (Å²) in [5, 5.41) is 8.85. The number of carboxylic acid groups (broad SMARTS) is 1. The molecule has 0 bridgehead atoms. The quantitative estimate of drug-likeness (QED) is 0.642. The molecule has 90 valence electrons. The number of hydrogen-bond donors (Lipinski definition) is 1. The molecule has 0 saturated heterocycles. The van der Waals surface area contributed by atoms with Gasteiger partial charge in [0.15, 0.2) is 0 Å². The number of hydrogen-bond acceptors (Lipinski definition) is 3. The van der Waals surface area contributed by atoms with Crippen molar-refractivity contribution in [3.05, 3.63) is 29.8 Å². The summed E-state index contributed by atoms with van der Waals surface area (Å²) in [4.78, 5) is 22.5. The second-order valence-electron chi connectivity index (χ2n) is 4.36. The van der Waals surface area contributed by atoms with Gasteiger partial charge in [-0.1, -0.05) is 17.7 Å². The summed E-state index contributed by atoms with van der Waals surface area (Å²) in [6.07, 6.45) is 1.16. The van der Waals surface area contributed by atoms with Gasteiger partial charge in [0.05, 0.1) is 11.8 Å². The SMILES string of the molecule is Cc1ccc(OC(=O)C2CCC2C(=O)O)cc1. The second-order valence-corrected chi connectivity index (χ2v) is 4.36. The zero-order valence-electron chi connectivity index (χ0n) is 9.55. The van der Waals surface area contributed by atoms with Crippen LogP contribution >= 0.6 is 0 Å². The summed E-state index contributed by atoms with van der Waals surface area (Å²) in [5.74, 6) is -1.95. The Labute approximate surface area is 99.2 Å². The van der Waals surface area contributed by atoms with Crippen LogP contribution in [0.3, 0.4) is 0 Å². The third kappa shape index (κ3) is 2.46. The molecular weight excluding hydrogens is 220 g/mol. The summed E-state index contributed by atoms with van der Waals surface area (Å²) in [5.41, 5.74) is 1.08. The van der Waals surface area contributed by atoms with Gasteiger partial charge in [0.1, 0.15) is 5.75 Å². The van der Waals surface area contributed by atoms with Gasteiger partial charge < -0.3 is 9.84 Å². The van der Waals surface area contributed by atoms with E-state index >= 15 is 0 Å². The van der Waals surface area contributed by atoms with Crippen molar-refractivity contribution < 1.29 is 19.4 Å². The fourth-order valence-electron chi connectivity index (χ4n) is 1.88. The maximum Gasteiger partial charge on any atom is 0.315 e. The van der Waals surface area contributed by atoms with Crippen LogP contribution in [0, 0.1) is 18.8 Å². The molecular formula is C13H14O4. The Hall–Kier alpha value is -1.84. The molecule has 0 spiro atoms. The smallest absolute Gasteiger partial charge is 0.315 e. The van der Waals surface area contributed by atoms with E-state index in [1.54, 1.807) is 12.1 Å². The lowest BCUT2D eigenvalue weighted by Gasteiger charge is -2.30. The first-order valence-corrected chi connectivity index (χ1v) is 5.59. The van der Waals surface area contributed by atoms with Crippen LogP contribution in [0.4, 0.5) is 0 Å². The van der Waals surface area contributed by atoms with Gasteiger partial charge in [0, 0.05) is 0 Å². The minimum atomic E-state index is -0.915. The maximum absolute atomic E-state index is 11.7. The lowest BCUT2D eigenvalue weighted by Crippen LogP contribution is -2.40. The van der Waals surface area contributed by atoms with Gasteiger partial charge in [-0.25, -0.2) is 0 Å². The summed E-state index contributed by atoms with van der Waals surface area (Å²) < 4.78 is 5.15. The molecule has 1 fully saturated rings. The van der Waals surface area contributed by atoms with Gasteiger partial charge in [-0.3, -0.25) is 9.59 Å². The number of carbonyl (C=O) groups excluding carboxylic acids is 1. The molecule has 0 aliphatic heterocycles. The standard InChI is InChI=1S/C13H14O4/c1-8-2-4-9(5-3-8)17-13(16)11-7-6-10(11)12(14)15/h2-5,10-11H,6-7H2,1H3,(H,14,15). The van der Waals surface area contributed by atoms with E-state index in [1.807, 2.05) is 19.1 Å². The van der Waals surface area contributed by atoms with E-state index in [4.69, 9.17) is 9.84 Å². The van der Waals surface area contributed by atoms with Crippen LogP contribution in [0.5, 0.6) is 5.75 Å². The van der Waals surface area contributed by atoms with Gasteiger partial charge in [-0.2, -0.15) is 0 Å². The van der Waals surface area contributed by atoms with Crippen LogP contribution < -0.4 is 4.74 Å². The fraction of sp³-hybridized carbons (Fsp3) is 0.385. The van der Waals surface area contributed by atoms with E-state index < -0.39 is 23.8 Å². The van der Waals surface area contributed by atoms with E-state index in [-0.39, 0.29) is 0 Å². The highest BCUT2D eigenvalue weighted by molar-refractivity contribution is 5.84. The number of benzene rings is 1. The van der Waals surface area contributed by atoms with Crippen molar-refractivity contribution in [1.29, 1.82) is 0 Å². The number of carboxylic acids is 1. The predicted octanol–water partition coefficient (Wildman–Crippen LogP) is 2.01. The highest BCUT2D eigenvalue weighted by atomic mass is 16.5. The third-order valence-corrected chi connectivity index (χ3v) is 3.13. The van der Waals surface area contributed by atoms with Gasteiger partial charge in [-0.15, -0.1) is 0 Å². The Morgan fingerprint density at radius 2 is 1.76 bits per heavy atom. The lowest BCUT2D eigenvalue weighted by atomic mass is 9.74. The normalized spacial score (nSPS) is 22.6. The van der Waals surface area contributed by atoms with E-state index in [2.05, 4.69) is 0 Å². The van der Waals surface area contributed by atoms with Crippen LogP contribution in [0.1, 0.15) is 18.4 Å². The van der Waals surface area contributed by atoms with Crippen LogP contribution in [0.2, 0.25) is 0 Å². The predicted molar refractivity (Wildman–Crippen MR) is 60.7 cm³/mol. The molecule has 2 unspecified atom stereocenters. The number of rotatable bonds is 3. The van der Waals surface area contributed by atoms with Crippen LogP contribution in [0.25, 0.3) is 0 Å². The van der Waals surface area contributed by atoms with E-state index in [9.17, 15) is 9.59 Å². The number of ether oxygens (including phenoxy) is 1. The fourth-order valence-corrected chi connectivity index (χ4v) is 1.88. The Balaban J connectivity index is 1.98. The molecule has 2 rings (SSSR count). The molecule has 1 saturated carbocycles. The molecule has 4 heteroatoms. The maximum atomic E-state index is 11.7. The topological polar surface area (TPSA) is 63.6 Å². The van der Waals surface area contributed by atoms with Crippen molar-refractivity contribution in [3.63, 3.8) is 0 Å². The van der Waals surface area contributed by atoms with Gasteiger partial charge in [-0.05, 0) is 31.9 Å². The molecule has 4 nitrogen and oxygen atoms in total. The largest absolute Gasteiger partial charge is 0.481 e. The Bertz CT molecular complexity index is 435. The number of carbonyl (C=O) groups is 2. The van der Waals surface area contributed by atoms with Crippen molar-refractivity contribution in [1.82, 2.24) is 0 Å². The number of aliphatic carboxylic acids is 1. The highest BCUT2D eigenvalue weighted by Crippen LogP contribution is 2.35. The number of esters is 1. The molecule has 0 radical (unpaired) electrons. The van der Waals surface area contributed by atoms with Gasteiger partial charge in [0.2, 0.25) is 0 Å². The monoisotopic (exact) mass is 234 g/mol. The van der Waals surface area contributed by atoms with E-state index in [1.165, 1.54) is 0 Å². The molecule has 0 aromatic heterocycles. The lowest BCUT2D eigenvalue weighted by molar-refractivity contribution is -0.158. The molecule has 1 N–H and O–H groups in total. The zero-order chi connectivity index (χ0) is 12.4. The Morgan fingerprint density at radius 3 is 2.24 bits per heavy atom. The zero-order valence-corrected chi connectivity index (χ0v) is 9.55. The average Bonchev–Trinajstić information content (AvgIpc) is 2.18. The van der Waals surface area contributed by atoms with Crippen molar-refractivity contribution in [3.8, 4) is 5.75 Å². The van der Waals surface area contributed by atoms with E-state index in [0.29, 0.717) is 18.6 Å². The summed E-state index contributed by atoms with van der Waals surface area (Å²) >= 11 is 0. The van der Waals surface area contributed by atoms with Crippen molar-refractivity contribution in [2.45, 2.75) is 19.8 Å². The van der Waals surface area contributed by atoms with Crippen LogP contribution in [0.15, 0.2) is 24.3 Å².